The van der Waals surface area contributed by atoms with Crippen molar-refractivity contribution < 1.29 is 17.4 Å². The maximum atomic E-state index is 4.25. The van der Waals surface area contributed by atoms with Crippen LogP contribution in [0.3, 0.4) is 0 Å². The summed E-state index contributed by atoms with van der Waals surface area (Å²) in [4.78, 5) is 4.25. The molecule has 1 nitrogen and oxygen atoms in total. The number of rotatable bonds is 2. The molecule has 19 heavy (non-hydrogen) atoms. The maximum absolute atomic E-state index is 4.25. The Bertz CT molecular complexity index is 324. The van der Waals surface area contributed by atoms with Gasteiger partial charge in [0.1, 0.15) is 0 Å². The monoisotopic (exact) mass is 340 g/mol. The van der Waals surface area contributed by atoms with Crippen LogP contribution in [0.15, 0.2) is 42.1 Å². The molecule has 0 aliphatic heterocycles. The van der Waals surface area contributed by atoms with Crippen molar-refractivity contribution in [3.05, 3.63) is 83.6 Å². The molecule has 0 amide bonds. The van der Waals surface area contributed by atoms with Gasteiger partial charge in [0.05, 0.1) is 0 Å². The molecule has 1 aliphatic carbocycles. The SMILES string of the molecule is Cl.Cl.[C-]1=C(Cc2ccccn2)CC=C1.[CH3-].[CH3-].[CH3-].[CH3-].[Cr+5]. The molecule has 0 N–H and O–H groups in total. The zero-order chi connectivity index (χ0) is 8.23. The van der Waals surface area contributed by atoms with E-state index in [1.807, 2.05) is 30.5 Å². The summed E-state index contributed by atoms with van der Waals surface area (Å²) >= 11 is 0. The number of hydrogen-bond donors (Lipinski definition) is 0. The Labute approximate surface area is 143 Å². The summed E-state index contributed by atoms with van der Waals surface area (Å²) in [6, 6.07) is 6.01. The average Bonchev–Trinajstić information content (AvgIpc) is 2.59. The number of allylic oxidation sites excluding steroid dienone is 4. The van der Waals surface area contributed by atoms with Crippen molar-refractivity contribution in [1.82, 2.24) is 4.98 Å². The molecule has 1 aromatic heterocycles. The quantitative estimate of drug-likeness (QED) is 0.693. The minimum atomic E-state index is 0. The van der Waals surface area contributed by atoms with Crippen molar-refractivity contribution in [2.24, 2.45) is 0 Å². The zero-order valence-corrected chi connectivity index (χ0v) is 15.0. The predicted octanol–water partition coefficient (Wildman–Crippen LogP) is 4.96. The van der Waals surface area contributed by atoms with Crippen LogP contribution in [0.25, 0.3) is 0 Å². The third kappa shape index (κ3) is 12.5. The molecular weight excluding hydrogens is 317 g/mol. The molecule has 1 radical (unpaired) electrons. The molecule has 1 aliphatic rings. The first-order valence-corrected chi connectivity index (χ1v) is 4.11. The third-order valence-electron chi connectivity index (χ3n) is 1.89. The van der Waals surface area contributed by atoms with Crippen molar-refractivity contribution in [1.29, 1.82) is 0 Å². The number of aromatic nitrogens is 1. The van der Waals surface area contributed by atoms with Crippen LogP contribution in [0.4, 0.5) is 0 Å². The van der Waals surface area contributed by atoms with Gasteiger partial charge in [-0.3, -0.25) is 11.1 Å². The topological polar surface area (TPSA) is 12.9 Å². The fourth-order valence-corrected chi connectivity index (χ4v) is 1.28. The second kappa shape index (κ2) is 20.1. The fourth-order valence-electron chi connectivity index (χ4n) is 1.28. The molecule has 0 saturated heterocycles. The summed E-state index contributed by atoms with van der Waals surface area (Å²) in [7, 11) is 0. The van der Waals surface area contributed by atoms with Crippen molar-refractivity contribution >= 4 is 24.8 Å². The summed E-state index contributed by atoms with van der Waals surface area (Å²) in [5.41, 5.74) is 2.46. The van der Waals surface area contributed by atoms with Gasteiger partial charge in [-0.25, -0.2) is 12.2 Å². The largest absolute Gasteiger partial charge is 5.00 e. The van der Waals surface area contributed by atoms with Crippen molar-refractivity contribution in [3.8, 4) is 0 Å². The Kier molecular flexibility index (Phi) is 38.4. The van der Waals surface area contributed by atoms with Gasteiger partial charge in [-0.15, -0.1) is 24.8 Å². The molecule has 0 spiro atoms. The van der Waals surface area contributed by atoms with E-state index >= 15 is 0 Å². The van der Waals surface area contributed by atoms with E-state index in [0.717, 1.165) is 18.5 Å². The summed E-state index contributed by atoms with van der Waals surface area (Å²) in [5.74, 6) is 0. The van der Waals surface area contributed by atoms with Gasteiger partial charge < -0.3 is 29.7 Å². The minimum absolute atomic E-state index is 0. The van der Waals surface area contributed by atoms with E-state index in [-0.39, 0.29) is 71.9 Å². The van der Waals surface area contributed by atoms with Gasteiger partial charge in [0.15, 0.2) is 0 Å². The van der Waals surface area contributed by atoms with Crippen LogP contribution in [-0.2, 0) is 23.8 Å². The van der Waals surface area contributed by atoms with Crippen LogP contribution in [0.1, 0.15) is 12.1 Å². The molecular formula is C15H24Cl2CrN. The van der Waals surface area contributed by atoms with Gasteiger partial charge in [-0.2, -0.15) is 5.57 Å². The number of halogens is 2. The first kappa shape index (κ1) is 36.3. The van der Waals surface area contributed by atoms with Gasteiger partial charge >= 0.3 is 17.4 Å². The smallest absolute Gasteiger partial charge is 0.358 e. The van der Waals surface area contributed by atoms with E-state index in [1.165, 1.54) is 5.57 Å². The molecule has 4 heteroatoms. The van der Waals surface area contributed by atoms with Crippen LogP contribution < -0.4 is 0 Å². The van der Waals surface area contributed by atoms with Gasteiger partial charge in [-0.1, -0.05) is 12.5 Å². The van der Waals surface area contributed by atoms with E-state index in [4.69, 9.17) is 0 Å². The van der Waals surface area contributed by atoms with Crippen molar-refractivity contribution in [2.75, 3.05) is 0 Å². The van der Waals surface area contributed by atoms with Gasteiger partial charge in [-0.05, 0) is 18.6 Å². The summed E-state index contributed by atoms with van der Waals surface area (Å²) in [5, 5.41) is 0. The molecule has 2 rings (SSSR count). The first-order valence-electron chi connectivity index (χ1n) is 4.11. The molecule has 0 aromatic carbocycles. The van der Waals surface area contributed by atoms with E-state index in [9.17, 15) is 0 Å². The van der Waals surface area contributed by atoms with Crippen molar-refractivity contribution in [3.63, 3.8) is 0 Å². The summed E-state index contributed by atoms with van der Waals surface area (Å²) in [6.45, 7) is 0. The van der Waals surface area contributed by atoms with E-state index in [2.05, 4.69) is 17.1 Å². The van der Waals surface area contributed by atoms with Gasteiger partial charge in [0.2, 0.25) is 0 Å². The molecule has 1 heterocycles. The number of nitrogens with zero attached hydrogens (tertiary/aromatic N) is 1. The Morgan fingerprint density at radius 3 is 2.11 bits per heavy atom. The maximum Gasteiger partial charge on any atom is 5.00 e. The third-order valence-corrected chi connectivity index (χ3v) is 1.89. The molecule has 0 saturated carbocycles. The first-order chi connectivity index (χ1) is 5.95. The van der Waals surface area contributed by atoms with Crippen LogP contribution in [-0.4, -0.2) is 4.98 Å². The average molecular weight is 341 g/mol. The van der Waals surface area contributed by atoms with E-state index in [0.29, 0.717) is 0 Å². The fraction of sp³-hybridized carbons (Fsp3) is 0.133. The van der Waals surface area contributed by atoms with Crippen LogP contribution in [0.5, 0.6) is 0 Å². The number of hydrogen-bond acceptors (Lipinski definition) is 1. The van der Waals surface area contributed by atoms with Crippen molar-refractivity contribution in [2.45, 2.75) is 12.8 Å². The number of pyridine rings is 1. The molecule has 109 valence electrons. The zero-order valence-electron chi connectivity index (χ0n) is 12.1. The predicted molar refractivity (Wildman–Crippen MR) is 88.6 cm³/mol. The second-order valence-corrected chi connectivity index (χ2v) is 2.85. The standard InChI is InChI=1S/C11H10N.4CH3.2ClH.Cr/c1-2-6-10(5-1)9-11-7-3-4-8-12-11;;;;;;;/h1-4,7-8H,5,9H2;4*1H3;2*1H;/q5*-1;;;+5. The van der Waals surface area contributed by atoms with Crippen LogP contribution in [0.2, 0.25) is 0 Å². The van der Waals surface area contributed by atoms with E-state index in [1.54, 1.807) is 0 Å². The minimum Gasteiger partial charge on any atom is -0.358 e. The van der Waals surface area contributed by atoms with E-state index < -0.39 is 0 Å². The molecule has 0 unspecified atom stereocenters. The van der Waals surface area contributed by atoms with Gasteiger partial charge in [0.25, 0.3) is 0 Å². The Morgan fingerprint density at radius 1 is 1.05 bits per heavy atom. The molecule has 0 bridgehead atoms. The van der Waals surface area contributed by atoms with Gasteiger partial charge in [0, 0.05) is 11.9 Å². The normalized spacial score (nSPS) is 9.37. The summed E-state index contributed by atoms with van der Waals surface area (Å²) in [6.07, 6.45) is 11.1. The Hall–Kier alpha value is -0.258. The summed E-state index contributed by atoms with van der Waals surface area (Å²) < 4.78 is 0. The second-order valence-electron chi connectivity index (χ2n) is 2.85. The Morgan fingerprint density at radius 2 is 1.68 bits per heavy atom. The van der Waals surface area contributed by atoms with Crippen LogP contribution >= 0.6 is 24.8 Å². The molecule has 1 aromatic rings. The van der Waals surface area contributed by atoms with Crippen LogP contribution in [0, 0.1) is 35.8 Å². The molecule has 0 fully saturated rings. The molecule has 0 atom stereocenters. The Balaban J connectivity index is -0.0000000604.